The van der Waals surface area contributed by atoms with Gasteiger partial charge in [-0.1, -0.05) is 6.92 Å². The Bertz CT molecular complexity index is 68.0. The molecule has 0 aliphatic rings. The van der Waals surface area contributed by atoms with E-state index in [1.807, 2.05) is 0 Å². The molecule has 3 heteroatoms. The van der Waals surface area contributed by atoms with Crippen LogP contribution in [0.3, 0.4) is 0 Å². The smallest absolute Gasteiger partial charge is 0.481 e. The number of hydrogen-bond acceptors (Lipinski definition) is 1. The van der Waals surface area contributed by atoms with Crippen molar-refractivity contribution in [2.45, 2.75) is 34.1 Å². The molecule has 0 fully saturated rings. The fourth-order valence-electron chi connectivity index (χ4n) is 0. The van der Waals surface area contributed by atoms with Gasteiger partial charge in [-0.15, -0.1) is 0 Å². The maximum atomic E-state index is 9.00. The molecule has 0 radical (unpaired) electrons. The molecule has 0 rings (SSSR count). The van der Waals surface area contributed by atoms with Gasteiger partial charge in [-0.3, -0.25) is 4.79 Å². The van der Waals surface area contributed by atoms with E-state index in [0.29, 0.717) is 0 Å². The molecule has 0 aromatic rings. The average molecular weight is 170 g/mol. The molecule has 0 spiro atoms. The van der Waals surface area contributed by atoms with Crippen LogP contribution in [-0.4, -0.2) is 11.1 Å². The normalized spacial score (nSPS) is 7.30. The summed E-state index contributed by atoms with van der Waals surface area (Å²) >= 11 is 0. The van der Waals surface area contributed by atoms with E-state index in [4.69, 9.17) is 9.90 Å². The summed E-state index contributed by atoms with van der Waals surface area (Å²) in [5, 5.41) is 7.42. The summed E-state index contributed by atoms with van der Waals surface area (Å²) in [4.78, 5) is 9.00. The van der Waals surface area contributed by atoms with Crippen LogP contribution >= 0.6 is 0 Å². The first-order valence-electron chi connectivity index (χ1n) is 2.99. The first-order chi connectivity index (χ1) is 4.00. The molecule has 0 saturated carbocycles. The van der Waals surface area contributed by atoms with Crippen LogP contribution in [0.15, 0.2) is 0 Å². The van der Waals surface area contributed by atoms with Gasteiger partial charge >= 0.3 is 51.4 Å². The average Bonchev–Trinajstić information content (AvgIpc) is 1.65. The summed E-state index contributed by atoms with van der Waals surface area (Å²) < 4.78 is 0. The van der Waals surface area contributed by atoms with Crippen LogP contribution in [0.25, 0.3) is 0 Å². The van der Waals surface area contributed by atoms with E-state index in [1.54, 1.807) is 0 Å². The minimum absolute atomic E-state index is 0. The fraction of sp³-hybridized carbons (Fsp3) is 0.714. The third kappa shape index (κ3) is 62.0. The number of hydrogen-bond donors (Lipinski definition) is 1. The van der Waals surface area contributed by atoms with E-state index in [0.717, 1.165) is 6.92 Å². The fourth-order valence-corrected chi connectivity index (χ4v) is 0. The van der Waals surface area contributed by atoms with Crippen molar-refractivity contribution in [3.05, 3.63) is 5.92 Å². The number of carbonyl (C=O) groups is 1. The Hall–Kier alpha value is 1.11. The van der Waals surface area contributed by atoms with Crippen LogP contribution in [0.5, 0.6) is 0 Å². The molecule has 0 aromatic heterocycles. The molecule has 0 aliphatic carbocycles. The van der Waals surface area contributed by atoms with Crippen molar-refractivity contribution in [1.82, 2.24) is 0 Å². The summed E-state index contributed by atoms with van der Waals surface area (Å²) in [6.45, 7) is 7.52. The van der Waals surface area contributed by atoms with Crippen LogP contribution in [-0.2, 0) is 4.79 Å². The molecule has 10 heavy (non-hydrogen) atoms. The van der Waals surface area contributed by atoms with Crippen molar-refractivity contribution in [2.75, 3.05) is 0 Å². The second-order valence-electron chi connectivity index (χ2n) is 2.08. The quantitative estimate of drug-likeness (QED) is 0.409. The summed E-state index contributed by atoms with van der Waals surface area (Å²) in [7, 11) is 0. The first kappa shape index (κ1) is 17.3. The molecular weight excluding hydrogens is 155 g/mol. The molecule has 0 aromatic carbocycles. The van der Waals surface area contributed by atoms with E-state index in [2.05, 4.69) is 20.8 Å². The number of rotatable bonds is 1. The minimum atomic E-state index is -0.833. The first-order valence-corrected chi connectivity index (χ1v) is 2.99. The second kappa shape index (κ2) is 12.8. The van der Waals surface area contributed by atoms with Crippen LogP contribution in [0.4, 0.5) is 0 Å². The van der Waals surface area contributed by atoms with Crippen LogP contribution in [0, 0.1) is 5.92 Å². The predicted molar refractivity (Wildman–Crippen MR) is 38.2 cm³/mol. The monoisotopic (exact) mass is 170 g/mol. The van der Waals surface area contributed by atoms with Gasteiger partial charge in [0.15, 0.2) is 0 Å². The van der Waals surface area contributed by atoms with Gasteiger partial charge in [0.1, 0.15) is 0 Å². The van der Waals surface area contributed by atoms with Gasteiger partial charge in [0.05, 0.1) is 0 Å². The Morgan fingerprint density at radius 3 is 1.60 bits per heavy atom. The predicted octanol–water partition coefficient (Wildman–Crippen LogP) is -0.894. The molecule has 0 bridgehead atoms. The van der Waals surface area contributed by atoms with Gasteiger partial charge in [0.25, 0.3) is 5.97 Å². The molecule has 0 unspecified atom stereocenters. The Morgan fingerprint density at radius 2 is 1.60 bits per heavy atom. The minimum Gasteiger partial charge on any atom is -0.481 e. The zero-order valence-electron chi connectivity index (χ0n) is 7.56. The van der Waals surface area contributed by atoms with E-state index < -0.39 is 5.97 Å². The van der Waals surface area contributed by atoms with Crippen molar-refractivity contribution in [3.8, 4) is 0 Å². The van der Waals surface area contributed by atoms with Crippen molar-refractivity contribution in [3.63, 3.8) is 0 Å². The number of carboxylic acids is 1. The molecule has 0 atom stereocenters. The Labute approximate surface area is 106 Å². The largest absolute Gasteiger partial charge is 1.00 e. The SMILES string of the molecule is CC(=O)O.CC[C-](C)C.[K+]. The van der Waals surface area contributed by atoms with Crippen molar-refractivity contribution in [2.24, 2.45) is 0 Å². The molecule has 0 amide bonds. The van der Waals surface area contributed by atoms with Crippen LogP contribution in [0.1, 0.15) is 34.1 Å². The Kier molecular flexibility index (Phi) is 22.0. The van der Waals surface area contributed by atoms with Gasteiger partial charge < -0.3 is 11.0 Å². The van der Waals surface area contributed by atoms with Crippen LogP contribution < -0.4 is 51.4 Å². The molecule has 0 aliphatic heterocycles. The maximum absolute atomic E-state index is 9.00. The zero-order valence-corrected chi connectivity index (χ0v) is 10.7. The molecule has 1 N–H and O–H groups in total. The Balaban J connectivity index is -0.0000000910. The number of aliphatic carboxylic acids is 1. The maximum Gasteiger partial charge on any atom is 1.00 e. The molecule has 56 valence electrons. The summed E-state index contributed by atoms with van der Waals surface area (Å²) in [5.41, 5.74) is 0. The van der Waals surface area contributed by atoms with E-state index in [1.165, 1.54) is 12.3 Å². The molecule has 0 heterocycles. The van der Waals surface area contributed by atoms with Crippen molar-refractivity contribution >= 4 is 5.97 Å². The van der Waals surface area contributed by atoms with Gasteiger partial charge in [-0.25, -0.2) is 0 Å². The van der Waals surface area contributed by atoms with E-state index in [-0.39, 0.29) is 51.4 Å². The number of carboxylic acid groups (broad SMARTS) is 1. The van der Waals surface area contributed by atoms with Crippen molar-refractivity contribution in [1.29, 1.82) is 0 Å². The topological polar surface area (TPSA) is 37.3 Å². The molecule has 2 nitrogen and oxygen atoms in total. The molecular formula is C7H15KO2. The van der Waals surface area contributed by atoms with Crippen molar-refractivity contribution < 1.29 is 61.3 Å². The van der Waals surface area contributed by atoms with Gasteiger partial charge in [0.2, 0.25) is 0 Å². The zero-order chi connectivity index (χ0) is 7.86. The Morgan fingerprint density at radius 1 is 1.50 bits per heavy atom. The summed E-state index contributed by atoms with van der Waals surface area (Å²) in [6.07, 6.45) is 1.22. The van der Waals surface area contributed by atoms with Gasteiger partial charge in [-0.05, 0) is 0 Å². The third-order valence-corrected chi connectivity index (χ3v) is 0.707. The van der Waals surface area contributed by atoms with E-state index in [9.17, 15) is 0 Å². The van der Waals surface area contributed by atoms with Gasteiger partial charge in [-0.2, -0.15) is 20.3 Å². The standard InChI is InChI=1S/C5H11.C2H4O2.K/c1-4-5(2)3;1-2(3)4;/h4H2,1-3H3;1H3,(H,3,4);/q-1;;+1. The summed E-state index contributed by atoms with van der Waals surface area (Å²) in [6, 6.07) is 0. The van der Waals surface area contributed by atoms with Gasteiger partial charge in [0, 0.05) is 6.92 Å². The second-order valence-corrected chi connectivity index (χ2v) is 2.08. The summed E-state index contributed by atoms with van der Waals surface area (Å²) in [5.74, 6) is 0.671. The molecule has 0 saturated heterocycles. The third-order valence-electron chi connectivity index (χ3n) is 0.707. The van der Waals surface area contributed by atoms with E-state index >= 15 is 0 Å². The van der Waals surface area contributed by atoms with Crippen LogP contribution in [0.2, 0.25) is 0 Å².